The van der Waals surface area contributed by atoms with Crippen LogP contribution in [0.1, 0.15) is 44.2 Å². The molecule has 0 unspecified atom stereocenters. The minimum atomic E-state index is 0.499. The van der Waals surface area contributed by atoms with Crippen LogP contribution in [0.4, 0.5) is 0 Å². The molecular formula is C12H18N2S. The molecule has 0 radical (unpaired) electrons. The summed E-state index contributed by atoms with van der Waals surface area (Å²) < 4.78 is 1.23. The van der Waals surface area contributed by atoms with Crippen LogP contribution >= 0.6 is 11.3 Å². The number of nitrogens with zero attached hydrogens (tertiary/aromatic N) is 2. The van der Waals surface area contributed by atoms with Crippen LogP contribution in [0.3, 0.4) is 0 Å². The zero-order chi connectivity index (χ0) is 11.4. The van der Waals surface area contributed by atoms with Gasteiger partial charge in [-0.2, -0.15) is 0 Å². The van der Waals surface area contributed by atoms with Gasteiger partial charge in [-0.25, -0.2) is 9.97 Å². The number of rotatable bonds is 1. The summed E-state index contributed by atoms with van der Waals surface area (Å²) in [6.07, 6.45) is 1.82. The second kappa shape index (κ2) is 5.21. The van der Waals surface area contributed by atoms with E-state index in [1.54, 1.807) is 11.3 Å². The quantitative estimate of drug-likeness (QED) is 0.724. The SMILES string of the molecule is CC.Cc1ccnc2nc(C(C)C)sc12. The van der Waals surface area contributed by atoms with Gasteiger partial charge in [-0.15, -0.1) is 11.3 Å². The molecule has 0 spiro atoms. The summed E-state index contributed by atoms with van der Waals surface area (Å²) in [4.78, 5) is 8.72. The molecule has 0 aliphatic carbocycles. The van der Waals surface area contributed by atoms with E-state index in [1.807, 2.05) is 26.1 Å². The van der Waals surface area contributed by atoms with Gasteiger partial charge < -0.3 is 0 Å². The highest BCUT2D eigenvalue weighted by Crippen LogP contribution is 2.27. The summed E-state index contributed by atoms with van der Waals surface area (Å²) in [7, 11) is 0. The van der Waals surface area contributed by atoms with Gasteiger partial charge in [0.1, 0.15) is 0 Å². The molecule has 2 rings (SSSR count). The fourth-order valence-corrected chi connectivity index (χ4v) is 2.21. The molecule has 2 nitrogen and oxygen atoms in total. The summed E-state index contributed by atoms with van der Waals surface area (Å²) in [6.45, 7) is 10.4. The lowest BCUT2D eigenvalue weighted by atomic mass is 10.2. The van der Waals surface area contributed by atoms with Gasteiger partial charge in [-0.1, -0.05) is 27.7 Å². The first-order valence-corrected chi connectivity index (χ1v) is 6.22. The van der Waals surface area contributed by atoms with Crippen molar-refractivity contribution in [3.63, 3.8) is 0 Å². The van der Waals surface area contributed by atoms with Crippen LogP contribution in [0.15, 0.2) is 12.3 Å². The van der Waals surface area contributed by atoms with Crippen molar-refractivity contribution in [2.75, 3.05) is 0 Å². The zero-order valence-electron chi connectivity index (χ0n) is 10.0. The Morgan fingerprint density at radius 3 is 2.47 bits per heavy atom. The highest BCUT2D eigenvalue weighted by Gasteiger charge is 2.08. The molecule has 2 aromatic rings. The highest BCUT2D eigenvalue weighted by atomic mass is 32.1. The molecular weight excluding hydrogens is 204 g/mol. The molecule has 0 fully saturated rings. The summed E-state index contributed by atoms with van der Waals surface area (Å²) in [5.74, 6) is 0.499. The van der Waals surface area contributed by atoms with Crippen molar-refractivity contribution in [1.82, 2.24) is 9.97 Å². The van der Waals surface area contributed by atoms with E-state index >= 15 is 0 Å². The summed E-state index contributed by atoms with van der Waals surface area (Å²) >= 11 is 1.76. The fraction of sp³-hybridized carbons (Fsp3) is 0.500. The van der Waals surface area contributed by atoms with Gasteiger partial charge in [0.2, 0.25) is 0 Å². The maximum Gasteiger partial charge on any atom is 0.170 e. The van der Waals surface area contributed by atoms with Crippen LogP contribution in [0.2, 0.25) is 0 Å². The molecule has 2 aromatic heterocycles. The van der Waals surface area contributed by atoms with Crippen LogP contribution in [-0.2, 0) is 0 Å². The molecule has 0 aliphatic rings. The van der Waals surface area contributed by atoms with Crippen molar-refractivity contribution in [3.8, 4) is 0 Å². The molecule has 2 heterocycles. The number of hydrogen-bond donors (Lipinski definition) is 0. The maximum atomic E-state index is 4.48. The maximum absolute atomic E-state index is 4.48. The van der Waals surface area contributed by atoms with E-state index in [0.717, 1.165) is 5.65 Å². The summed E-state index contributed by atoms with van der Waals surface area (Å²) in [5, 5.41) is 1.18. The van der Waals surface area contributed by atoms with Crippen LogP contribution in [0.5, 0.6) is 0 Å². The Kier molecular flexibility index (Phi) is 4.21. The van der Waals surface area contributed by atoms with E-state index in [2.05, 4.69) is 30.7 Å². The van der Waals surface area contributed by atoms with Gasteiger partial charge in [-0.3, -0.25) is 0 Å². The van der Waals surface area contributed by atoms with Gasteiger partial charge in [0.05, 0.1) is 9.71 Å². The van der Waals surface area contributed by atoms with Gasteiger partial charge >= 0.3 is 0 Å². The van der Waals surface area contributed by atoms with Crippen molar-refractivity contribution < 1.29 is 0 Å². The molecule has 0 bridgehead atoms. The van der Waals surface area contributed by atoms with Crippen LogP contribution in [0.25, 0.3) is 10.3 Å². The molecule has 3 heteroatoms. The van der Waals surface area contributed by atoms with Crippen molar-refractivity contribution in [3.05, 3.63) is 22.8 Å². The lowest BCUT2D eigenvalue weighted by molar-refractivity contribution is 0.855. The molecule has 0 amide bonds. The monoisotopic (exact) mass is 222 g/mol. The largest absolute Gasteiger partial charge is 0.236 e. The summed E-state index contributed by atoms with van der Waals surface area (Å²) in [6, 6.07) is 2.03. The molecule has 0 N–H and O–H groups in total. The molecule has 0 aromatic carbocycles. The van der Waals surface area contributed by atoms with E-state index in [-0.39, 0.29) is 0 Å². The standard InChI is InChI=1S/C10H12N2S.C2H6/c1-6(2)10-12-9-8(13-10)7(3)4-5-11-9;1-2/h4-6H,1-3H3;1-2H3. The molecule has 0 saturated carbocycles. The van der Waals surface area contributed by atoms with E-state index < -0.39 is 0 Å². The third-order valence-corrected chi connectivity index (χ3v) is 3.48. The smallest absolute Gasteiger partial charge is 0.170 e. The van der Waals surface area contributed by atoms with E-state index in [9.17, 15) is 0 Å². The molecule has 0 aliphatic heterocycles. The predicted molar refractivity (Wildman–Crippen MR) is 67.6 cm³/mol. The van der Waals surface area contributed by atoms with Crippen LogP contribution in [0, 0.1) is 6.92 Å². The van der Waals surface area contributed by atoms with Gasteiger partial charge in [0.15, 0.2) is 5.65 Å². The first kappa shape index (κ1) is 12.1. The lowest BCUT2D eigenvalue weighted by Gasteiger charge is -1.94. The molecule has 15 heavy (non-hydrogen) atoms. The van der Waals surface area contributed by atoms with E-state index in [1.165, 1.54) is 15.3 Å². The minimum Gasteiger partial charge on any atom is -0.236 e. The Morgan fingerprint density at radius 2 is 1.93 bits per heavy atom. The Morgan fingerprint density at radius 1 is 1.27 bits per heavy atom. The number of thiazole rings is 1. The third-order valence-electron chi connectivity index (χ3n) is 2.00. The normalized spacial score (nSPS) is 10.3. The Hall–Kier alpha value is -0.960. The van der Waals surface area contributed by atoms with Crippen molar-refractivity contribution in [1.29, 1.82) is 0 Å². The third kappa shape index (κ3) is 2.53. The number of aromatic nitrogens is 2. The number of hydrogen-bond acceptors (Lipinski definition) is 3. The highest BCUT2D eigenvalue weighted by molar-refractivity contribution is 7.18. The average Bonchev–Trinajstić information content (AvgIpc) is 2.66. The van der Waals surface area contributed by atoms with Gasteiger partial charge in [-0.05, 0) is 18.6 Å². The first-order valence-electron chi connectivity index (χ1n) is 5.40. The van der Waals surface area contributed by atoms with Gasteiger partial charge in [0.25, 0.3) is 0 Å². The topological polar surface area (TPSA) is 25.8 Å². The van der Waals surface area contributed by atoms with Crippen molar-refractivity contribution >= 4 is 21.7 Å². The fourth-order valence-electron chi connectivity index (χ4n) is 1.21. The Bertz CT molecular complexity index is 432. The minimum absolute atomic E-state index is 0.499. The Labute approximate surface area is 95.4 Å². The second-order valence-electron chi connectivity index (χ2n) is 3.49. The van der Waals surface area contributed by atoms with E-state index in [0.29, 0.717) is 5.92 Å². The first-order chi connectivity index (χ1) is 7.18. The summed E-state index contributed by atoms with van der Waals surface area (Å²) in [5.41, 5.74) is 2.17. The van der Waals surface area contributed by atoms with Gasteiger partial charge in [0, 0.05) is 12.1 Å². The van der Waals surface area contributed by atoms with Crippen LogP contribution in [-0.4, -0.2) is 9.97 Å². The second-order valence-corrected chi connectivity index (χ2v) is 4.52. The number of fused-ring (bicyclic) bond motifs is 1. The Balaban J connectivity index is 0.000000531. The number of aryl methyl sites for hydroxylation is 1. The average molecular weight is 222 g/mol. The van der Waals surface area contributed by atoms with Crippen molar-refractivity contribution in [2.45, 2.75) is 40.5 Å². The number of pyridine rings is 1. The van der Waals surface area contributed by atoms with E-state index in [4.69, 9.17) is 0 Å². The van der Waals surface area contributed by atoms with Crippen molar-refractivity contribution in [2.24, 2.45) is 0 Å². The predicted octanol–water partition coefficient (Wildman–Crippen LogP) is 4.15. The molecule has 82 valence electrons. The molecule has 0 atom stereocenters. The lowest BCUT2D eigenvalue weighted by Crippen LogP contribution is -1.84. The van der Waals surface area contributed by atoms with Crippen LogP contribution < -0.4 is 0 Å². The molecule has 0 saturated heterocycles. The zero-order valence-corrected chi connectivity index (χ0v) is 10.9.